The lowest BCUT2D eigenvalue weighted by atomic mass is 9.78. The summed E-state index contributed by atoms with van der Waals surface area (Å²) in [5, 5.41) is 6.12. The molecule has 1 aliphatic rings. The summed E-state index contributed by atoms with van der Waals surface area (Å²) in [6, 6.07) is 7.39. The second-order valence-electron chi connectivity index (χ2n) is 9.09. The summed E-state index contributed by atoms with van der Waals surface area (Å²) in [6.07, 6.45) is 6.05. The molecule has 3 rings (SSSR count). The number of nitrogens with two attached hydrogens (primary N) is 1. The van der Waals surface area contributed by atoms with E-state index >= 15 is 0 Å². The van der Waals surface area contributed by atoms with Gasteiger partial charge in [-0.1, -0.05) is 31.5 Å². The first-order valence-corrected chi connectivity index (χ1v) is 11.2. The van der Waals surface area contributed by atoms with Gasteiger partial charge < -0.3 is 16.4 Å². The van der Waals surface area contributed by atoms with Crippen molar-refractivity contribution in [1.82, 2.24) is 10.3 Å². The van der Waals surface area contributed by atoms with Crippen molar-refractivity contribution in [3.05, 3.63) is 59.1 Å². The monoisotopic (exact) mass is 460 g/mol. The molecule has 172 valence electrons. The molecule has 4 N–H and O–H groups in total. The molecule has 0 radical (unpaired) electrons. The lowest BCUT2D eigenvalue weighted by Gasteiger charge is -2.32. The molecular formula is C24H30ClFN4O2. The number of hydrogen-bond acceptors (Lipinski definition) is 4. The van der Waals surface area contributed by atoms with Crippen LogP contribution in [0.3, 0.4) is 0 Å². The number of amides is 2. The van der Waals surface area contributed by atoms with E-state index in [1.54, 1.807) is 36.7 Å². The third kappa shape index (κ3) is 6.04. The fourth-order valence-electron chi connectivity index (χ4n) is 4.19. The van der Waals surface area contributed by atoms with Crippen molar-refractivity contribution in [3.8, 4) is 0 Å². The van der Waals surface area contributed by atoms with Crippen molar-refractivity contribution >= 4 is 29.1 Å². The van der Waals surface area contributed by atoms with Gasteiger partial charge in [0.2, 0.25) is 11.8 Å². The van der Waals surface area contributed by atoms with Gasteiger partial charge >= 0.3 is 0 Å². The first kappa shape index (κ1) is 24.1. The van der Waals surface area contributed by atoms with Crippen LogP contribution < -0.4 is 16.4 Å². The molecule has 1 aliphatic carbocycles. The average Bonchev–Trinajstić information content (AvgIpc) is 2.77. The zero-order valence-corrected chi connectivity index (χ0v) is 19.2. The van der Waals surface area contributed by atoms with Crippen LogP contribution in [0, 0.1) is 17.7 Å². The molecule has 8 heteroatoms. The Balaban J connectivity index is 1.48. The van der Waals surface area contributed by atoms with Gasteiger partial charge in [-0.3, -0.25) is 14.6 Å². The summed E-state index contributed by atoms with van der Waals surface area (Å²) >= 11 is 5.84. The second-order valence-corrected chi connectivity index (χ2v) is 9.52. The maximum Gasteiger partial charge on any atom is 0.237 e. The maximum atomic E-state index is 14.3. The van der Waals surface area contributed by atoms with E-state index < -0.39 is 17.3 Å². The summed E-state index contributed by atoms with van der Waals surface area (Å²) in [7, 11) is 0. The molecule has 6 nitrogen and oxygen atoms in total. The molecule has 2 amide bonds. The van der Waals surface area contributed by atoms with Crippen LogP contribution in [-0.2, 0) is 15.0 Å². The summed E-state index contributed by atoms with van der Waals surface area (Å²) in [4.78, 5) is 29.1. The van der Waals surface area contributed by atoms with Crippen LogP contribution in [-0.4, -0.2) is 29.4 Å². The number of carbonyl (C=O) groups is 2. The van der Waals surface area contributed by atoms with Crippen LogP contribution in [0.5, 0.6) is 0 Å². The SMILES string of the molecule is CC(C)(CNC(=O)C(N)C1CCC(C(=O)Nc2ccncc2)CC1)c1ccc(Cl)cc1F. The molecule has 1 unspecified atom stereocenters. The Hall–Kier alpha value is -2.51. The van der Waals surface area contributed by atoms with Crippen LogP contribution in [0.15, 0.2) is 42.7 Å². The van der Waals surface area contributed by atoms with Crippen molar-refractivity contribution in [2.75, 3.05) is 11.9 Å². The number of halogens is 2. The fourth-order valence-corrected chi connectivity index (χ4v) is 4.35. The van der Waals surface area contributed by atoms with E-state index in [1.807, 2.05) is 13.8 Å². The highest BCUT2D eigenvalue weighted by molar-refractivity contribution is 6.30. The summed E-state index contributed by atoms with van der Waals surface area (Å²) < 4.78 is 14.3. The van der Waals surface area contributed by atoms with E-state index in [-0.39, 0.29) is 30.2 Å². The van der Waals surface area contributed by atoms with Crippen LogP contribution in [0.25, 0.3) is 0 Å². The third-order valence-corrected chi connectivity index (χ3v) is 6.50. The summed E-state index contributed by atoms with van der Waals surface area (Å²) in [5.74, 6) is -0.752. The topological polar surface area (TPSA) is 97.1 Å². The van der Waals surface area contributed by atoms with E-state index in [2.05, 4.69) is 15.6 Å². The van der Waals surface area contributed by atoms with E-state index in [9.17, 15) is 14.0 Å². The predicted octanol–water partition coefficient (Wildman–Crippen LogP) is 4.04. The molecule has 1 aromatic heterocycles. The quantitative estimate of drug-likeness (QED) is 0.580. The minimum absolute atomic E-state index is 0.00959. The van der Waals surface area contributed by atoms with Crippen LogP contribution in [0.2, 0.25) is 5.02 Å². The van der Waals surface area contributed by atoms with Crippen molar-refractivity contribution < 1.29 is 14.0 Å². The highest BCUT2D eigenvalue weighted by Gasteiger charge is 2.33. The molecule has 0 bridgehead atoms. The van der Waals surface area contributed by atoms with Gasteiger partial charge in [-0.05, 0) is 61.4 Å². The first-order chi connectivity index (χ1) is 15.2. The Labute approximate surface area is 193 Å². The van der Waals surface area contributed by atoms with Gasteiger partial charge in [0.05, 0.1) is 6.04 Å². The van der Waals surface area contributed by atoms with Gasteiger partial charge in [-0.25, -0.2) is 4.39 Å². The lowest BCUT2D eigenvalue weighted by molar-refractivity contribution is -0.124. The fraction of sp³-hybridized carbons (Fsp3) is 0.458. The van der Waals surface area contributed by atoms with Crippen LogP contribution >= 0.6 is 11.6 Å². The maximum absolute atomic E-state index is 14.3. The smallest absolute Gasteiger partial charge is 0.237 e. The first-order valence-electron chi connectivity index (χ1n) is 10.9. The Morgan fingerprint density at radius 3 is 2.47 bits per heavy atom. The average molecular weight is 461 g/mol. The Kier molecular flexibility index (Phi) is 7.85. The Morgan fingerprint density at radius 2 is 1.84 bits per heavy atom. The molecule has 1 aromatic carbocycles. The predicted molar refractivity (Wildman–Crippen MR) is 124 cm³/mol. The van der Waals surface area contributed by atoms with Crippen molar-refractivity contribution in [1.29, 1.82) is 0 Å². The van der Waals surface area contributed by atoms with E-state index in [0.29, 0.717) is 36.3 Å². The van der Waals surface area contributed by atoms with Gasteiger partial charge in [0, 0.05) is 41.0 Å². The van der Waals surface area contributed by atoms with E-state index in [1.165, 1.54) is 6.07 Å². The minimum Gasteiger partial charge on any atom is -0.354 e. The molecular weight excluding hydrogens is 431 g/mol. The molecule has 0 spiro atoms. The summed E-state index contributed by atoms with van der Waals surface area (Å²) in [5.41, 5.74) is 6.83. The third-order valence-electron chi connectivity index (χ3n) is 6.27. The molecule has 0 aliphatic heterocycles. The number of anilines is 1. The molecule has 0 saturated heterocycles. The van der Waals surface area contributed by atoms with Gasteiger partial charge in [0.25, 0.3) is 0 Å². The van der Waals surface area contributed by atoms with Crippen molar-refractivity contribution in [2.45, 2.75) is 51.0 Å². The van der Waals surface area contributed by atoms with Gasteiger partial charge in [-0.2, -0.15) is 0 Å². The number of pyridine rings is 1. The molecule has 1 saturated carbocycles. The number of nitrogens with one attached hydrogen (secondary N) is 2. The van der Waals surface area contributed by atoms with Crippen molar-refractivity contribution in [2.24, 2.45) is 17.6 Å². The lowest BCUT2D eigenvalue weighted by Crippen LogP contribution is -2.49. The van der Waals surface area contributed by atoms with Crippen molar-refractivity contribution in [3.63, 3.8) is 0 Å². The zero-order valence-electron chi connectivity index (χ0n) is 18.4. The van der Waals surface area contributed by atoms with Gasteiger partial charge in [0.15, 0.2) is 0 Å². The number of nitrogens with zero attached hydrogens (tertiary/aromatic N) is 1. The van der Waals surface area contributed by atoms with Gasteiger partial charge in [0.1, 0.15) is 5.82 Å². The highest BCUT2D eigenvalue weighted by atomic mass is 35.5. The van der Waals surface area contributed by atoms with Crippen LogP contribution in [0.4, 0.5) is 10.1 Å². The van der Waals surface area contributed by atoms with Gasteiger partial charge in [-0.15, -0.1) is 0 Å². The zero-order chi connectivity index (χ0) is 23.3. The summed E-state index contributed by atoms with van der Waals surface area (Å²) in [6.45, 7) is 3.97. The standard InChI is InChI=1S/C24H30ClFN4O2/c1-24(2,19-8-7-17(25)13-20(19)26)14-29-23(32)21(27)15-3-5-16(6-4-15)22(31)30-18-9-11-28-12-10-18/h7-13,15-16,21H,3-6,14,27H2,1-2H3,(H,29,32)(H,28,30,31). The largest absolute Gasteiger partial charge is 0.354 e. The minimum atomic E-state index is -0.662. The normalized spacial score (nSPS) is 19.8. The number of carbonyl (C=O) groups excluding carboxylic acids is 2. The number of aromatic nitrogens is 1. The van der Waals surface area contributed by atoms with E-state index in [4.69, 9.17) is 17.3 Å². The molecule has 1 heterocycles. The Morgan fingerprint density at radius 1 is 1.19 bits per heavy atom. The Bertz CT molecular complexity index is 946. The molecule has 1 atom stereocenters. The van der Waals surface area contributed by atoms with E-state index in [0.717, 1.165) is 5.69 Å². The van der Waals surface area contributed by atoms with Crippen LogP contribution in [0.1, 0.15) is 45.1 Å². The number of hydrogen-bond donors (Lipinski definition) is 3. The molecule has 1 fully saturated rings. The highest BCUT2D eigenvalue weighted by Crippen LogP contribution is 2.32. The molecule has 32 heavy (non-hydrogen) atoms. The molecule has 2 aromatic rings. The second kappa shape index (κ2) is 10.4. The number of benzene rings is 1. The number of rotatable bonds is 7.